The molecule has 2 fully saturated rings. The van der Waals surface area contributed by atoms with E-state index in [0.29, 0.717) is 0 Å². The third-order valence-electron chi connectivity index (χ3n) is 3.20. The quantitative estimate of drug-likeness (QED) is 0.514. The van der Waals surface area contributed by atoms with Gasteiger partial charge in [-0.25, -0.2) is 0 Å². The van der Waals surface area contributed by atoms with Crippen LogP contribution in [0.25, 0.3) is 0 Å². The van der Waals surface area contributed by atoms with Crippen LogP contribution in [0, 0.1) is 11.3 Å². The number of hydrogen-bond donors (Lipinski definition) is 0. The number of halogens is 1. The lowest BCUT2D eigenvalue weighted by molar-refractivity contribution is 0.367. The summed E-state index contributed by atoms with van der Waals surface area (Å²) in [6.07, 6.45) is 5.89. The fourth-order valence-electron chi connectivity index (χ4n) is 2.27. The maximum atomic E-state index is 3.73. The number of alkyl halides is 1. The second-order valence-electron chi connectivity index (χ2n) is 3.76. The molecule has 0 nitrogen and oxygen atoms in total. The Balaban J connectivity index is 2.10. The molecule has 0 N–H and O–H groups in total. The molecule has 52 valence electrons. The SMILES string of the molecule is CC12CCCCC1C2Br. The first kappa shape index (κ1) is 6.21. The molecule has 3 atom stereocenters. The molecular formula is C8H13Br. The summed E-state index contributed by atoms with van der Waals surface area (Å²) in [6, 6.07) is 0. The molecule has 0 aliphatic heterocycles. The Morgan fingerprint density at radius 2 is 2.22 bits per heavy atom. The van der Waals surface area contributed by atoms with E-state index >= 15 is 0 Å². The molecule has 0 saturated heterocycles. The second kappa shape index (κ2) is 1.75. The Morgan fingerprint density at radius 1 is 1.44 bits per heavy atom. The minimum absolute atomic E-state index is 0.720. The van der Waals surface area contributed by atoms with E-state index in [4.69, 9.17) is 0 Å². The van der Waals surface area contributed by atoms with E-state index in [-0.39, 0.29) is 0 Å². The van der Waals surface area contributed by atoms with Crippen molar-refractivity contribution in [3.05, 3.63) is 0 Å². The first-order chi connectivity index (χ1) is 4.25. The molecule has 0 aromatic heterocycles. The predicted octanol–water partition coefficient (Wildman–Crippen LogP) is 2.96. The summed E-state index contributed by atoms with van der Waals surface area (Å²) in [4.78, 5) is 0.868. The van der Waals surface area contributed by atoms with Gasteiger partial charge in [0.15, 0.2) is 0 Å². The van der Waals surface area contributed by atoms with E-state index in [1.165, 1.54) is 25.7 Å². The predicted molar refractivity (Wildman–Crippen MR) is 42.8 cm³/mol. The standard InChI is InChI=1S/C8H13Br/c1-8-5-3-2-4-6(8)7(8)9/h6-7H,2-5H2,1H3. The average molecular weight is 189 g/mol. The lowest BCUT2D eigenvalue weighted by Gasteiger charge is -2.15. The highest BCUT2D eigenvalue weighted by atomic mass is 79.9. The highest BCUT2D eigenvalue weighted by Gasteiger charge is 2.59. The largest absolute Gasteiger partial charge is 0.0881 e. The monoisotopic (exact) mass is 188 g/mol. The lowest BCUT2D eigenvalue weighted by atomic mass is 9.90. The van der Waals surface area contributed by atoms with Gasteiger partial charge in [0.25, 0.3) is 0 Å². The van der Waals surface area contributed by atoms with Crippen molar-refractivity contribution >= 4 is 15.9 Å². The molecule has 2 aliphatic rings. The molecular weight excluding hydrogens is 176 g/mol. The Kier molecular flexibility index (Phi) is 1.20. The van der Waals surface area contributed by atoms with Gasteiger partial charge >= 0.3 is 0 Å². The third-order valence-corrected chi connectivity index (χ3v) is 4.89. The summed E-state index contributed by atoms with van der Waals surface area (Å²) in [7, 11) is 0. The van der Waals surface area contributed by atoms with Crippen LogP contribution in [0.3, 0.4) is 0 Å². The number of fused-ring (bicyclic) bond motifs is 1. The molecule has 2 aliphatic carbocycles. The molecule has 0 radical (unpaired) electrons. The first-order valence-corrected chi connectivity index (χ1v) is 4.81. The Morgan fingerprint density at radius 3 is 2.67 bits per heavy atom. The Hall–Kier alpha value is 0.480. The van der Waals surface area contributed by atoms with Crippen LogP contribution in [0.4, 0.5) is 0 Å². The van der Waals surface area contributed by atoms with Gasteiger partial charge in [0.05, 0.1) is 0 Å². The molecule has 1 heteroatoms. The Labute approximate surface area is 65.1 Å². The van der Waals surface area contributed by atoms with Crippen LogP contribution in [0.1, 0.15) is 32.6 Å². The molecule has 0 aromatic rings. The topological polar surface area (TPSA) is 0 Å². The summed E-state index contributed by atoms with van der Waals surface area (Å²) >= 11 is 3.73. The van der Waals surface area contributed by atoms with Crippen molar-refractivity contribution in [3.63, 3.8) is 0 Å². The molecule has 0 spiro atoms. The van der Waals surface area contributed by atoms with Crippen molar-refractivity contribution in [3.8, 4) is 0 Å². The molecule has 0 aromatic carbocycles. The number of hydrogen-bond acceptors (Lipinski definition) is 0. The van der Waals surface area contributed by atoms with E-state index < -0.39 is 0 Å². The Bertz CT molecular complexity index is 133. The minimum Gasteiger partial charge on any atom is -0.0881 e. The van der Waals surface area contributed by atoms with Gasteiger partial charge in [-0.1, -0.05) is 35.7 Å². The van der Waals surface area contributed by atoms with Gasteiger partial charge in [0.2, 0.25) is 0 Å². The average Bonchev–Trinajstić information content (AvgIpc) is 2.38. The summed E-state index contributed by atoms with van der Waals surface area (Å²) in [5.74, 6) is 1.03. The van der Waals surface area contributed by atoms with E-state index in [9.17, 15) is 0 Å². The molecule has 2 saturated carbocycles. The van der Waals surface area contributed by atoms with E-state index in [1.54, 1.807) is 0 Å². The third kappa shape index (κ3) is 0.705. The van der Waals surface area contributed by atoms with Gasteiger partial charge in [-0.2, -0.15) is 0 Å². The lowest BCUT2D eigenvalue weighted by Crippen LogP contribution is -2.04. The second-order valence-corrected chi connectivity index (χ2v) is 4.75. The zero-order valence-corrected chi connectivity index (χ0v) is 7.45. The summed E-state index contributed by atoms with van der Waals surface area (Å²) in [5.41, 5.74) is 0.720. The maximum Gasteiger partial charge on any atom is 0.0236 e. The van der Waals surface area contributed by atoms with Crippen molar-refractivity contribution in [2.75, 3.05) is 0 Å². The highest BCUT2D eigenvalue weighted by molar-refractivity contribution is 9.09. The van der Waals surface area contributed by atoms with E-state index in [1.807, 2.05) is 0 Å². The van der Waals surface area contributed by atoms with E-state index in [0.717, 1.165) is 16.2 Å². The van der Waals surface area contributed by atoms with Gasteiger partial charge < -0.3 is 0 Å². The summed E-state index contributed by atoms with van der Waals surface area (Å²) in [5, 5.41) is 0. The fraction of sp³-hybridized carbons (Fsp3) is 1.00. The van der Waals surface area contributed by atoms with Crippen molar-refractivity contribution in [1.29, 1.82) is 0 Å². The van der Waals surface area contributed by atoms with Crippen LogP contribution in [0.5, 0.6) is 0 Å². The van der Waals surface area contributed by atoms with Gasteiger partial charge in [-0.3, -0.25) is 0 Å². The number of rotatable bonds is 0. The smallest absolute Gasteiger partial charge is 0.0236 e. The van der Waals surface area contributed by atoms with Crippen molar-refractivity contribution < 1.29 is 0 Å². The van der Waals surface area contributed by atoms with Crippen LogP contribution >= 0.6 is 15.9 Å². The van der Waals surface area contributed by atoms with Gasteiger partial charge in [0.1, 0.15) is 0 Å². The van der Waals surface area contributed by atoms with Crippen LogP contribution in [-0.4, -0.2) is 4.83 Å². The minimum atomic E-state index is 0.720. The van der Waals surface area contributed by atoms with Crippen molar-refractivity contribution in [2.45, 2.75) is 37.4 Å². The van der Waals surface area contributed by atoms with E-state index in [2.05, 4.69) is 22.9 Å². The summed E-state index contributed by atoms with van der Waals surface area (Å²) < 4.78 is 0. The molecule has 9 heavy (non-hydrogen) atoms. The van der Waals surface area contributed by atoms with Gasteiger partial charge in [-0.05, 0) is 24.2 Å². The molecule has 2 rings (SSSR count). The zero-order chi connectivity index (χ0) is 6.48. The van der Waals surface area contributed by atoms with Crippen molar-refractivity contribution in [1.82, 2.24) is 0 Å². The first-order valence-electron chi connectivity index (χ1n) is 3.89. The van der Waals surface area contributed by atoms with Crippen molar-refractivity contribution in [2.24, 2.45) is 11.3 Å². The fourth-order valence-corrected chi connectivity index (χ4v) is 3.55. The van der Waals surface area contributed by atoms with Crippen LogP contribution in [0.15, 0.2) is 0 Å². The maximum absolute atomic E-state index is 3.73. The van der Waals surface area contributed by atoms with Crippen LogP contribution < -0.4 is 0 Å². The van der Waals surface area contributed by atoms with Gasteiger partial charge in [0, 0.05) is 4.83 Å². The highest BCUT2D eigenvalue weighted by Crippen LogP contribution is 2.64. The molecule has 3 unspecified atom stereocenters. The van der Waals surface area contributed by atoms with Gasteiger partial charge in [-0.15, -0.1) is 0 Å². The zero-order valence-electron chi connectivity index (χ0n) is 5.86. The molecule has 0 bridgehead atoms. The normalized spacial score (nSPS) is 56.7. The molecule has 0 amide bonds. The summed E-state index contributed by atoms with van der Waals surface area (Å²) in [6.45, 7) is 2.43. The molecule has 0 heterocycles. The van der Waals surface area contributed by atoms with Crippen LogP contribution in [-0.2, 0) is 0 Å². The van der Waals surface area contributed by atoms with Crippen LogP contribution in [0.2, 0.25) is 0 Å².